The van der Waals surface area contributed by atoms with E-state index in [-0.39, 0.29) is 24.0 Å². The predicted octanol–water partition coefficient (Wildman–Crippen LogP) is 5.52. The highest BCUT2D eigenvalue weighted by Gasteiger charge is 2.36. The molecule has 0 aromatic heterocycles. The highest BCUT2D eigenvalue weighted by Crippen LogP contribution is 2.37. The number of carbonyl (C=O) groups is 2. The summed E-state index contributed by atoms with van der Waals surface area (Å²) in [5.41, 5.74) is 1.94. The molecule has 2 fully saturated rings. The number of methoxy groups -OCH3 is 1. The fraction of sp³-hybridized carbons (Fsp3) is 0.517. The molecule has 0 saturated heterocycles. The lowest BCUT2D eigenvalue weighted by molar-refractivity contribution is -0.124. The van der Waals surface area contributed by atoms with E-state index in [0.29, 0.717) is 55.2 Å². The number of hydrogen-bond donors (Lipinski definition) is 1. The number of hydrogen-bond acceptors (Lipinski definition) is 5. The Hall–Kier alpha value is -2.86. The molecule has 2 aromatic rings. The smallest absolute Gasteiger partial charge is 0.340 e. The molecule has 1 N–H and O–H groups in total. The van der Waals surface area contributed by atoms with Crippen LogP contribution in [0.4, 0.5) is 5.69 Å². The van der Waals surface area contributed by atoms with Gasteiger partial charge in [0.15, 0.2) is 0 Å². The molecule has 0 aliphatic heterocycles. The van der Waals surface area contributed by atoms with Gasteiger partial charge in [-0.25, -0.2) is 4.79 Å². The number of anilines is 1. The van der Waals surface area contributed by atoms with Gasteiger partial charge in [-0.1, -0.05) is 37.3 Å². The SMILES string of the molecule is COC(=O)c1cc(OCc2ccccc2)ccc1N(C(=O)[C@H]1CC[C@H](C)CC1)C1CCC(O)CC1. The molecule has 2 aliphatic carbocycles. The molecule has 2 aliphatic rings. The largest absolute Gasteiger partial charge is 0.489 e. The third-order valence-corrected chi connectivity index (χ3v) is 7.52. The van der Waals surface area contributed by atoms with Crippen LogP contribution < -0.4 is 9.64 Å². The number of aliphatic hydroxyl groups is 1. The van der Waals surface area contributed by atoms with Crippen LogP contribution in [0.3, 0.4) is 0 Å². The maximum atomic E-state index is 13.9. The van der Waals surface area contributed by atoms with Crippen LogP contribution in [0.5, 0.6) is 5.75 Å². The van der Waals surface area contributed by atoms with Crippen molar-refractivity contribution in [1.29, 1.82) is 0 Å². The van der Waals surface area contributed by atoms with Crippen molar-refractivity contribution in [2.24, 2.45) is 11.8 Å². The molecule has 6 nitrogen and oxygen atoms in total. The summed E-state index contributed by atoms with van der Waals surface area (Å²) in [7, 11) is 1.36. The van der Waals surface area contributed by atoms with Crippen LogP contribution in [-0.2, 0) is 16.1 Å². The van der Waals surface area contributed by atoms with Gasteiger partial charge in [-0.05, 0) is 81.0 Å². The molecule has 6 heteroatoms. The van der Waals surface area contributed by atoms with E-state index < -0.39 is 5.97 Å². The van der Waals surface area contributed by atoms with Gasteiger partial charge < -0.3 is 19.5 Å². The summed E-state index contributed by atoms with van der Waals surface area (Å²) in [4.78, 5) is 28.7. The van der Waals surface area contributed by atoms with E-state index in [1.54, 1.807) is 6.07 Å². The van der Waals surface area contributed by atoms with Crippen LogP contribution in [0.25, 0.3) is 0 Å². The topological polar surface area (TPSA) is 76.1 Å². The molecule has 35 heavy (non-hydrogen) atoms. The van der Waals surface area contributed by atoms with Gasteiger partial charge in [-0.3, -0.25) is 4.79 Å². The molecular weight excluding hydrogens is 442 g/mol. The highest BCUT2D eigenvalue weighted by atomic mass is 16.5. The molecule has 4 rings (SSSR count). The van der Waals surface area contributed by atoms with Crippen molar-refractivity contribution < 1.29 is 24.2 Å². The van der Waals surface area contributed by atoms with E-state index >= 15 is 0 Å². The maximum Gasteiger partial charge on any atom is 0.340 e. The number of benzene rings is 2. The fourth-order valence-corrected chi connectivity index (χ4v) is 5.34. The summed E-state index contributed by atoms with van der Waals surface area (Å²) in [6.45, 7) is 2.62. The van der Waals surface area contributed by atoms with Gasteiger partial charge in [0.1, 0.15) is 12.4 Å². The standard InChI is InChI=1S/C29H37NO5/c1-20-8-10-22(11-9-20)28(32)30(23-12-14-24(31)15-13-23)27-17-16-25(18-26(27)29(33)34-2)35-19-21-6-4-3-5-7-21/h3-7,16-18,20,22-24,31H,8-15,19H2,1-2H3/t20-,22-,23?,24?. The molecule has 0 unspecified atom stereocenters. The van der Waals surface area contributed by atoms with Gasteiger partial charge >= 0.3 is 5.97 Å². The predicted molar refractivity (Wildman–Crippen MR) is 135 cm³/mol. The van der Waals surface area contributed by atoms with Crippen molar-refractivity contribution in [3.05, 3.63) is 59.7 Å². The molecule has 2 saturated carbocycles. The Morgan fingerprint density at radius 1 is 0.943 bits per heavy atom. The number of aliphatic hydroxyl groups excluding tert-OH is 1. The molecule has 2 aromatic carbocycles. The molecule has 1 amide bonds. The number of amides is 1. The normalized spacial score (nSPS) is 24.4. The number of nitrogens with zero attached hydrogens (tertiary/aromatic N) is 1. The summed E-state index contributed by atoms with van der Waals surface area (Å²) in [6.07, 6.45) is 6.24. The number of rotatable bonds is 7. The third-order valence-electron chi connectivity index (χ3n) is 7.52. The summed E-state index contributed by atoms with van der Waals surface area (Å²) in [6, 6.07) is 15.1. The van der Waals surface area contributed by atoms with Crippen LogP contribution in [0.15, 0.2) is 48.5 Å². The summed E-state index contributed by atoms with van der Waals surface area (Å²) in [5, 5.41) is 10.1. The highest BCUT2D eigenvalue weighted by molar-refractivity contribution is 6.04. The number of esters is 1. The monoisotopic (exact) mass is 479 g/mol. The molecule has 0 spiro atoms. The summed E-state index contributed by atoms with van der Waals surface area (Å²) in [5.74, 6) is 0.745. The van der Waals surface area contributed by atoms with Crippen molar-refractivity contribution in [1.82, 2.24) is 0 Å². The molecular formula is C29H37NO5. The fourth-order valence-electron chi connectivity index (χ4n) is 5.34. The van der Waals surface area contributed by atoms with Gasteiger partial charge in [0.05, 0.1) is 24.5 Å². The minimum absolute atomic E-state index is 0.0439. The second-order valence-corrected chi connectivity index (χ2v) is 10.1. The van der Waals surface area contributed by atoms with Crippen LogP contribution in [0.1, 0.15) is 74.2 Å². The number of ether oxygens (including phenoxy) is 2. The first kappa shape index (κ1) is 25.2. The molecule has 188 valence electrons. The summed E-state index contributed by atoms with van der Waals surface area (Å²) >= 11 is 0. The van der Waals surface area contributed by atoms with E-state index in [1.165, 1.54) is 7.11 Å². The van der Waals surface area contributed by atoms with Crippen LogP contribution >= 0.6 is 0 Å². The van der Waals surface area contributed by atoms with Crippen molar-refractivity contribution in [3.8, 4) is 5.75 Å². The van der Waals surface area contributed by atoms with Crippen molar-refractivity contribution in [2.75, 3.05) is 12.0 Å². The quantitative estimate of drug-likeness (QED) is 0.530. The summed E-state index contributed by atoms with van der Waals surface area (Å²) < 4.78 is 11.1. The van der Waals surface area contributed by atoms with Crippen LogP contribution in [0.2, 0.25) is 0 Å². The maximum absolute atomic E-state index is 13.9. The Balaban J connectivity index is 1.64. The molecule has 0 heterocycles. The second kappa shape index (κ2) is 11.7. The first-order chi connectivity index (χ1) is 17.0. The van der Waals surface area contributed by atoms with E-state index in [0.717, 1.165) is 31.2 Å². The second-order valence-electron chi connectivity index (χ2n) is 10.1. The Kier molecular flexibility index (Phi) is 8.45. The average Bonchev–Trinajstić information content (AvgIpc) is 2.89. The Morgan fingerprint density at radius 3 is 2.29 bits per heavy atom. The Labute approximate surface area is 208 Å². The van der Waals surface area contributed by atoms with Gasteiger partial charge in [-0.2, -0.15) is 0 Å². The van der Waals surface area contributed by atoms with E-state index in [4.69, 9.17) is 9.47 Å². The minimum atomic E-state index is -0.490. The average molecular weight is 480 g/mol. The zero-order valence-electron chi connectivity index (χ0n) is 20.8. The number of carbonyl (C=O) groups excluding carboxylic acids is 2. The van der Waals surface area contributed by atoms with Gasteiger partial charge in [0.25, 0.3) is 0 Å². The minimum Gasteiger partial charge on any atom is -0.489 e. The van der Waals surface area contributed by atoms with Crippen LogP contribution in [-0.4, -0.2) is 36.2 Å². The van der Waals surface area contributed by atoms with Gasteiger partial charge in [0.2, 0.25) is 5.91 Å². The Morgan fingerprint density at radius 2 is 1.63 bits per heavy atom. The van der Waals surface area contributed by atoms with E-state index in [1.807, 2.05) is 47.4 Å². The zero-order chi connectivity index (χ0) is 24.8. The lowest BCUT2D eigenvalue weighted by Gasteiger charge is -2.39. The van der Waals surface area contributed by atoms with Crippen molar-refractivity contribution >= 4 is 17.6 Å². The van der Waals surface area contributed by atoms with Crippen LogP contribution in [0, 0.1) is 11.8 Å². The van der Waals surface area contributed by atoms with E-state index in [9.17, 15) is 14.7 Å². The van der Waals surface area contributed by atoms with Gasteiger partial charge in [0, 0.05) is 12.0 Å². The van der Waals surface area contributed by atoms with E-state index in [2.05, 4.69) is 6.92 Å². The Bertz CT molecular complexity index is 991. The lowest BCUT2D eigenvalue weighted by Crippen LogP contribution is -2.47. The van der Waals surface area contributed by atoms with Gasteiger partial charge in [-0.15, -0.1) is 0 Å². The van der Waals surface area contributed by atoms with Crippen molar-refractivity contribution in [3.63, 3.8) is 0 Å². The molecule has 0 radical (unpaired) electrons. The first-order valence-electron chi connectivity index (χ1n) is 12.9. The third kappa shape index (κ3) is 6.23. The zero-order valence-corrected chi connectivity index (χ0v) is 20.8. The molecule has 0 bridgehead atoms. The molecule has 0 atom stereocenters. The van der Waals surface area contributed by atoms with Crippen molar-refractivity contribution in [2.45, 2.75) is 77.0 Å². The first-order valence-corrected chi connectivity index (χ1v) is 12.9. The lowest BCUT2D eigenvalue weighted by atomic mass is 9.81.